The number of rotatable bonds is 2. The first-order valence-electron chi connectivity index (χ1n) is 3.69. The third-order valence-corrected chi connectivity index (χ3v) is 1.64. The van der Waals surface area contributed by atoms with Gasteiger partial charge in [0.05, 0.1) is 11.3 Å². The first-order valence-corrected chi connectivity index (χ1v) is 3.69. The quantitative estimate of drug-likeness (QED) is 0.767. The first-order chi connectivity index (χ1) is 6.97. The van der Waals surface area contributed by atoms with Gasteiger partial charge < -0.3 is 10.8 Å². The molecule has 5 nitrogen and oxygen atoms in total. The molecule has 0 bridgehead atoms. The fraction of sp³-hybridized carbons (Fsp3) is 0.125. The van der Waals surface area contributed by atoms with Crippen molar-refractivity contribution in [2.24, 2.45) is 0 Å². The number of nitriles is 1. The summed E-state index contributed by atoms with van der Waals surface area (Å²) < 4.78 is 24.7. The number of carbonyl (C=O) groups is 1. The minimum absolute atomic E-state index is 0.406. The minimum Gasteiger partial charge on any atom is -0.478 e. The van der Waals surface area contributed by atoms with Crippen molar-refractivity contribution in [3.8, 4) is 6.07 Å². The summed E-state index contributed by atoms with van der Waals surface area (Å²) in [6.45, 7) is 0. The van der Waals surface area contributed by atoms with Crippen LogP contribution in [0.25, 0.3) is 0 Å². The lowest BCUT2D eigenvalue weighted by molar-refractivity contribution is 0.0697. The third-order valence-electron chi connectivity index (χ3n) is 1.64. The number of aromatic nitrogens is 1. The molecule has 15 heavy (non-hydrogen) atoms. The summed E-state index contributed by atoms with van der Waals surface area (Å²) in [7, 11) is 0. The van der Waals surface area contributed by atoms with Gasteiger partial charge in [-0.2, -0.15) is 5.26 Å². The number of nitrogen functional groups attached to an aromatic ring is 1. The summed E-state index contributed by atoms with van der Waals surface area (Å²) in [6.07, 6.45) is -3.02. The van der Waals surface area contributed by atoms with Crippen molar-refractivity contribution in [1.29, 1.82) is 5.26 Å². The lowest BCUT2D eigenvalue weighted by Gasteiger charge is -2.06. The van der Waals surface area contributed by atoms with E-state index in [4.69, 9.17) is 16.1 Å². The molecule has 0 aromatic carbocycles. The van der Waals surface area contributed by atoms with Crippen LogP contribution in [0.5, 0.6) is 0 Å². The van der Waals surface area contributed by atoms with E-state index in [2.05, 4.69) is 4.98 Å². The predicted octanol–water partition coefficient (Wildman–Crippen LogP) is 1.17. The highest BCUT2D eigenvalue weighted by molar-refractivity contribution is 5.94. The monoisotopic (exact) mass is 213 g/mol. The van der Waals surface area contributed by atoms with Crippen LogP contribution in [0.4, 0.5) is 14.5 Å². The van der Waals surface area contributed by atoms with Crippen LogP contribution in [0.15, 0.2) is 6.07 Å². The topological polar surface area (TPSA) is 100 Å². The molecule has 0 saturated carbocycles. The Morgan fingerprint density at radius 1 is 1.67 bits per heavy atom. The highest BCUT2D eigenvalue weighted by Gasteiger charge is 2.20. The van der Waals surface area contributed by atoms with Crippen molar-refractivity contribution in [1.82, 2.24) is 4.98 Å². The molecule has 0 saturated heterocycles. The molecule has 3 N–H and O–H groups in total. The molecule has 0 fully saturated rings. The number of carboxylic acids is 1. The number of halogens is 2. The highest BCUT2D eigenvalue weighted by Crippen LogP contribution is 2.26. The van der Waals surface area contributed by atoms with Crippen LogP contribution >= 0.6 is 0 Å². The summed E-state index contributed by atoms with van der Waals surface area (Å²) in [5, 5.41) is 17.1. The molecule has 0 amide bonds. The van der Waals surface area contributed by atoms with Gasteiger partial charge in [0.2, 0.25) is 0 Å². The van der Waals surface area contributed by atoms with Crippen molar-refractivity contribution in [3.63, 3.8) is 0 Å². The van der Waals surface area contributed by atoms with E-state index >= 15 is 0 Å². The van der Waals surface area contributed by atoms with E-state index in [0.717, 1.165) is 6.07 Å². The van der Waals surface area contributed by atoms with E-state index in [0.29, 0.717) is 0 Å². The molecule has 1 aromatic heterocycles. The molecule has 0 aliphatic carbocycles. The zero-order chi connectivity index (χ0) is 11.6. The Kier molecular flexibility index (Phi) is 2.80. The summed E-state index contributed by atoms with van der Waals surface area (Å²) in [4.78, 5) is 13.8. The molecule has 1 heterocycles. The number of pyridine rings is 1. The molecule has 0 atom stereocenters. The number of aromatic carboxylic acids is 1. The van der Waals surface area contributed by atoms with Gasteiger partial charge in [-0.15, -0.1) is 0 Å². The van der Waals surface area contributed by atoms with Crippen LogP contribution in [-0.4, -0.2) is 16.1 Å². The number of hydrogen-bond donors (Lipinski definition) is 2. The standard InChI is InChI=1S/C8H5F2N3O2/c9-7(10)6-5(12)4(8(14)15)1-3(2-11)13-6/h1,7H,12H2,(H,14,15). The van der Waals surface area contributed by atoms with E-state index in [1.54, 1.807) is 0 Å². The molecular weight excluding hydrogens is 208 g/mol. The molecule has 1 aromatic rings. The van der Waals surface area contributed by atoms with Crippen molar-refractivity contribution in [2.45, 2.75) is 6.43 Å². The van der Waals surface area contributed by atoms with Gasteiger partial charge in [-0.25, -0.2) is 18.6 Å². The Balaban J connectivity index is 3.49. The summed E-state index contributed by atoms with van der Waals surface area (Å²) in [5.74, 6) is -1.48. The molecule has 1 rings (SSSR count). The zero-order valence-electron chi connectivity index (χ0n) is 7.24. The third kappa shape index (κ3) is 1.99. The molecule has 0 spiro atoms. The Morgan fingerprint density at radius 3 is 2.67 bits per heavy atom. The number of nitrogens with two attached hydrogens (primary N) is 1. The van der Waals surface area contributed by atoms with E-state index in [-0.39, 0.29) is 0 Å². The van der Waals surface area contributed by atoms with E-state index in [9.17, 15) is 13.6 Å². The zero-order valence-corrected chi connectivity index (χ0v) is 7.24. The second-order valence-electron chi connectivity index (χ2n) is 2.57. The SMILES string of the molecule is N#Cc1cc(C(=O)O)c(N)c(C(F)F)n1. The van der Waals surface area contributed by atoms with Gasteiger partial charge >= 0.3 is 5.97 Å². The Hall–Kier alpha value is -2.23. The lowest BCUT2D eigenvalue weighted by Crippen LogP contribution is -2.09. The molecule has 0 aliphatic rings. The summed E-state index contributed by atoms with van der Waals surface area (Å²) in [5.41, 5.74) is 2.73. The molecule has 0 unspecified atom stereocenters. The maximum Gasteiger partial charge on any atom is 0.337 e. The maximum atomic E-state index is 12.3. The average Bonchev–Trinajstić information content (AvgIpc) is 2.17. The van der Waals surface area contributed by atoms with Gasteiger partial charge in [-0.05, 0) is 6.07 Å². The predicted molar refractivity (Wildman–Crippen MR) is 45.3 cm³/mol. The molecule has 0 aliphatic heterocycles. The smallest absolute Gasteiger partial charge is 0.337 e. The minimum atomic E-state index is -3.02. The normalized spacial score (nSPS) is 10.0. The Labute approximate surface area is 82.8 Å². The van der Waals surface area contributed by atoms with Crippen LogP contribution < -0.4 is 5.73 Å². The van der Waals surface area contributed by atoms with Gasteiger partial charge in [0, 0.05) is 0 Å². The van der Waals surface area contributed by atoms with Crippen molar-refractivity contribution in [2.75, 3.05) is 5.73 Å². The Bertz CT molecular complexity index is 454. The second kappa shape index (κ2) is 3.88. The van der Waals surface area contributed by atoms with Crippen LogP contribution in [0.2, 0.25) is 0 Å². The summed E-state index contributed by atoms with van der Waals surface area (Å²) >= 11 is 0. The van der Waals surface area contributed by atoms with Gasteiger partial charge in [-0.3, -0.25) is 0 Å². The van der Waals surface area contributed by atoms with Crippen molar-refractivity contribution in [3.05, 3.63) is 23.0 Å². The molecular formula is C8H5F2N3O2. The van der Waals surface area contributed by atoms with E-state index < -0.39 is 35.0 Å². The summed E-state index contributed by atoms with van der Waals surface area (Å²) in [6, 6.07) is 2.33. The van der Waals surface area contributed by atoms with Gasteiger partial charge in [0.1, 0.15) is 17.5 Å². The van der Waals surface area contributed by atoms with E-state index in [1.807, 2.05) is 0 Å². The number of hydrogen-bond acceptors (Lipinski definition) is 4. The Morgan fingerprint density at radius 2 is 2.27 bits per heavy atom. The van der Waals surface area contributed by atoms with Gasteiger partial charge in [0.25, 0.3) is 6.43 Å². The van der Waals surface area contributed by atoms with Crippen LogP contribution in [0, 0.1) is 11.3 Å². The van der Waals surface area contributed by atoms with Crippen LogP contribution in [-0.2, 0) is 0 Å². The van der Waals surface area contributed by atoms with E-state index in [1.165, 1.54) is 6.07 Å². The lowest BCUT2D eigenvalue weighted by atomic mass is 10.1. The molecule has 78 valence electrons. The fourth-order valence-electron chi connectivity index (χ4n) is 0.975. The number of alkyl halides is 2. The maximum absolute atomic E-state index is 12.3. The first kappa shape index (κ1) is 10.8. The van der Waals surface area contributed by atoms with Crippen molar-refractivity contribution >= 4 is 11.7 Å². The van der Waals surface area contributed by atoms with Crippen LogP contribution in [0.3, 0.4) is 0 Å². The van der Waals surface area contributed by atoms with Crippen molar-refractivity contribution < 1.29 is 18.7 Å². The molecule has 0 radical (unpaired) electrons. The molecule has 7 heteroatoms. The number of carboxylic acid groups (broad SMARTS) is 1. The number of nitrogens with zero attached hydrogens (tertiary/aromatic N) is 2. The van der Waals surface area contributed by atoms with Gasteiger partial charge in [0.15, 0.2) is 0 Å². The average molecular weight is 213 g/mol. The fourth-order valence-corrected chi connectivity index (χ4v) is 0.975. The van der Waals surface area contributed by atoms with Gasteiger partial charge in [-0.1, -0.05) is 0 Å². The largest absolute Gasteiger partial charge is 0.478 e. The van der Waals surface area contributed by atoms with Crippen LogP contribution in [0.1, 0.15) is 28.2 Å². The highest BCUT2D eigenvalue weighted by atomic mass is 19.3. The number of anilines is 1. The second-order valence-corrected chi connectivity index (χ2v) is 2.57.